The molecule has 1 aromatic heterocycles. The number of rotatable bonds is 5. The summed E-state index contributed by atoms with van der Waals surface area (Å²) in [5.41, 5.74) is -7.71. The summed E-state index contributed by atoms with van der Waals surface area (Å²) in [6.07, 6.45) is -3.32. The lowest BCUT2D eigenvalue weighted by Gasteiger charge is -2.31. The quantitative estimate of drug-likeness (QED) is 0.279. The van der Waals surface area contributed by atoms with E-state index < -0.39 is 59.4 Å². The van der Waals surface area contributed by atoms with Crippen molar-refractivity contribution in [2.75, 3.05) is 4.90 Å². The van der Waals surface area contributed by atoms with Gasteiger partial charge in [-0.1, -0.05) is 0 Å². The summed E-state index contributed by atoms with van der Waals surface area (Å²) in [4.78, 5) is 41.9. The Morgan fingerprint density at radius 2 is 1.74 bits per heavy atom. The lowest BCUT2D eigenvalue weighted by atomic mass is 10.1. The van der Waals surface area contributed by atoms with Crippen LogP contribution in [0.1, 0.15) is 12.5 Å². The number of esters is 1. The number of benzene rings is 1. The fourth-order valence-electron chi connectivity index (χ4n) is 3.01. The molecule has 0 radical (unpaired) electrons. The van der Waals surface area contributed by atoms with Crippen LogP contribution in [0, 0.1) is 0 Å². The summed E-state index contributed by atoms with van der Waals surface area (Å²) < 4.78 is 80.7. The van der Waals surface area contributed by atoms with Gasteiger partial charge < -0.3 is 9.84 Å². The summed E-state index contributed by atoms with van der Waals surface area (Å²) >= 11 is -0.458. The molecule has 1 aliphatic rings. The predicted octanol–water partition coefficient (Wildman–Crippen LogP) is 4.19. The maximum atomic E-state index is 13.1. The van der Waals surface area contributed by atoms with Gasteiger partial charge in [0.05, 0.1) is 18.4 Å². The molecular formula is C19H13F6N3O5S. The van der Waals surface area contributed by atoms with E-state index in [-0.39, 0.29) is 16.1 Å². The van der Waals surface area contributed by atoms with E-state index in [1.165, 1.54) is 12.3 Å². The van der Waals surface area contributed by atoms with E-state index in [9.17, 15) is 45.8 Å². The molecule has 0 aliphatic carbocycles. The molecule has 0 bridgehead atoms. The molecule has 1 aromatic carbocycles. The lowest BCUT2D eigenvalue weighted by Crippen LogP contribution is -2.52. The van der Waals surface area contributed by atoms with Gasteiger partial charge >= 0.3 is 29.6 Å². The van der Waals surface area contributed by atoms with Gasteiger partial charge in [-0.05, 0) is 42.1 Å². The molecule has 8 nitrogen and oxygen atoms in total. The first kappa shape index (κ1) is 25.1. The van der Waals surface area contributed by atoms with Crippen LogP contribution in [0.4, 0.5) is 36.8 Å². The Kier molecular flexibility index (Phi) is 6.43. The van der Waals surface area contributed by atoms with Gasteiger partial charge in [0.15, 0.2) is 0 Å². The number of carbonyl (C=O) groups excluding carboxylic acids is 3. The summed E-state index contributed by atoms with van der Waals surface area (Å²) in [6, 6.07) is 3.82. The second-order valence-corrected chi connectivity index (χ2v) is 8.06. The van der Waals surface area contributed by atoms with Crippen LogP contribution in [0.15, 0.2) is 47.6 Å². The minimum Gasteiger partial charge on any atom is -0.506 e. The molecule has 1 atom stereocenters. The van der Waals surface area contributed by atoms with Crippen molar-refractivity contribution in [3.05, 3.63) is 48.3 Å². The highest BCUT2D eigenvalue weighted by atomic mass is 32.2. The number of halogens is 6. The van der Waals surface area contributed by atoms with E-state index in [1.807, 2.05) is 0 Å². The molecule has 1 saturated heterocycles. The van der Waals surface area contributed by atoms with E-state index >= 15 is 0 Å². The molecule has 3 rings (SSSR count). The number of nitrogens with zero attached hydrogens (tertiary/aromatic N) is 3. The average Bonchev–Trinajstić information content (AvgIpc) is 2.89. The second-order valence-electron chi connectivity index (χ2n) is 6.93. The molecule has 1 fully saturated rings. The first-order chi connectivity index (χ1) is 15.6. The molecule has 15 heteroatoms. The van der Waals surface area contributed by atoms with E-state index in [2.05, 4.69) is 9.72 Å². The van der Waals surface area contributed by atoms with E-state index in [1.54, 1.807) is 0 Å². The summed E-state index contributed by atoms with van der Waals surface area (Å²) in [6.45, 7) is 0.0854. The zero-order chi connectivity index (χ0) is 25.5. The highest BCUT2D eigenvalue weighted by Crippen LogP contribution is 2.40. The SMILES string of the molecule is C[C@@]1(OC(=O)C(F)(F)F)C(=O)N(c2ccc(SC(F)(F)F)cc2)C(=O)N1Cc1ccncc1O. The molecule has 0 spiro atoms. The van der Waals surface area contributed by atoms with Crippen LogP contribution in [-0.2, 0) is 20.9 Å². The van der Waals surface area contributed by atoms with Crippen molar-refractivity contribution in [2.24, 2.45) is 0 Å². The number of urea groups is 1. The molecular weight excluding hydrogens is 496 g/mol. The number of anilines is 1. The number of thioether (sulfide) groups is 1. The minimum absolute atomic E-state index is 0.0378. The van der Waals surface area contributed by atoms with E-state index in [4.69, 9.17) is 0 Å². The number of ether oxygens (including phenoxy) is 1. The first-order valence-electron chi connectivity index (χ1n) is 9.07. The van der Waals surface area contributed by atoms with Crippen LogP contribution in [-0.4, -0.2) is 50.3 Å². The number of pyridine rings is 1. The van der Waals surface area contributed by atoms with Crippen LogP contribution in [0.3, 0.4) is 0 Å². The third kappa shape index (κ3) is 5.03. The zero-order valence-electron chi connectivity index (χ0n) is 16.8. The van der Waals surface area contributed by atoms with Crippen LogP contribution in [0.25, 0.3) is 0 Å². The maximum absolute atomic E-state index is 13.1. The molecule has 2 heterocycles. The number of aromatic nitrogens is 1. The molecule has 0 unspecified atom stereocenters. The summed E-state index contributed by atoms with van der Waals surface area (Å²) in [5.74, 6) is -4.61. The Hall–Kier alpha value is -3.49. The smallest absolute Gasteiger partial charge is 0.491 e. The molecule has 1 N–H and O–H groups in total. The van der Waals surface area contributed by atoms with Crippen molar-refractivity contribution in [1.82, 2.24) is 9.88 Å². The van der Waals surface area contributed by atoms with Crippen LogP contribution in [0.5, 0.6) is 5.75 Å². The first-order valence-corrected chi connectivity index (χ1v) is 9.89. The minimum atomic E-state index is -5.50. The van der Waals surface area contributed by atoms with Crippen molar-refractivity contribution < 1.29 is 50.6 Å². The van der Waals surface area contributed by atoms with Crippen LogP contribution < -0.4 is 4.90 Å². The van der Waals surface area contributed by atoms with Crippen molar-refractivity contribution in [3.63, 3.8) is 0 Å². The molecule has 182 valence electrons. The number of imide groups is 1. The van der Waals surface area contributed by atoms with Crippen molar-refractivity contribution in [3.8, 4) is 5.75 Å². The Balaban J connectivity index is 2.01. The van der Waals surface area contributed by atoms with Gasteiger partial charge in [0.25, 0.3) is 5.72 Å². The molecule has 0 saturated carbocycles. The fourth-order valence-corrected chi connectivity index (χ4v) is 3.55. The van der Waals surface area contributed by atoms with E-state index in [0.29, 0.717) is 9.80 Å². The van der Waals surface area contributed by atoms with Gasteiger partial charge in [0.2, 0.25) is 0 Å². The lowest BCUT2D eigenvalue weighted by molar-refractivity contribution is -0.221. The van der Waals surface area contributed by atoms with Gasteiger partial charge in [-0.15, -0.1) is 0 Å². The maximum Gasteiger partial charge on any atom is 0.491 e. The van der Waals surface area contributed by atoms with Gasteiger partial charge in [0, 0.05) is 23.6 Å². The van der Waals surface area contributed by atoms with Crippen LogP contribution in [0.2, 0.25) is 0 Å². The Morgan fingerprint density at radius 3 is 2.26 bits per heavy atom. The number of hydrogen-bond acceptors (Lipinski definition) is 7. The molecule has 34 heavy (non-hydrogen) atoms. The fraction of sp³-hybridized carbons (Fsp3) is 0.263. The van der Waals surface area contributed by atoms with Gasteiger partial charge in [-0.25, -0.2) is 14.5 Å². The van der Waals surface area contributed by atoms with Crippen molar-refractivity contribution in [1.29, 1.82) is 0 Å². The standard InChI is InChI=1S/C19H13F6N3O5S/c1-17(33-15(31)18(20,21)22)14(30)28(11-2-4-12(5-3-11)34-19(23,24)25)16(32)27(17)9-10-6-7-26-8-13(10)29/h2-8,29H,9H2,1H3/t17-/m1/s1. The molecule has 3 amide bonds. The number of alkyl halides is 6. The van der Waals surface area contributed by atoms with Gasteiger partial charge in [-0.2, -0.15) is 26.3 Å². The number of hydrogen-bond donors (Lipinski definition) is 1. The zero-order valence-corrected chi connectivity index (χ0v) is 17.7. The predicted molar refractivity (Wildman–Crippen MR) is 103 cm³/mol. The summed E-state index contributed by atoms with van der Waals surface area (Å²) in [7, 11) is 0. The van der Waals surface area contributed by atoms with Crippen LogP contribution >= 0.6 is 11.8 Å². The topological polar surface area (TPSA) is 100 Å². The Labute approximate surface area is 191 Å². The largest absolute Gasteiger partial charge is 0.506 e. The normalized spacial score (nSPS) is 19.0. The van der Waals surface area contributed by atoms with Crippen molar-refractivity contribution >= 4 is 35.4 Å². The average molecular weight is 509 g/mol. The summed E-state index contributed by atoms with van der Waals surface area (Å²) in [5, 5.41) is 9.93. The second kappa shape index (κ2) is 8.70. The monoisotopic (exact) mass is 509 g/mol. The third-order valence-corrected chi connectivity index (χ3v) is 5.34. The van der Waals surface area contributed by atoms with Crippen molar-refractivity contribution in [2.45, 2.75) is 35.8 Å². The molecule has 2 aromatic rings. The number of aromatic hydroxyl groups is 1. The van der Waals surface area contributed by atoms with Gasteiger partial charge in [-0.3, -0.25) is 14.7 Å². The molecule has 1 aliphatic heterocycles. The number of carbonyl (C=O) groups is 3. The van der Waals surface area contributed by atoms with Gasteiger partial charge in [0.1, 0.15) is 5.75 Å². The van der Waals surface area contributed by atoms with E-state index in [0.717, 1.165) is 37.4 Å². The highest BCUT2D eigenvalue weighted by molar-refractivity contribution is 8.00. The highest BCUT2D eigenvalue weighted by Gasteiger charge is 2.60. The third-order valence-electron chi connectivity index (χ3n) is 4.60. The Morgan fingerprint density at radius 1 is 1.12 bits per heavy atom. The Bertz CT molecular complexity index is 1120. The number of amides is 3.